The molecular weight excluding hydrogens is 444 g/mol. The number of rotatable bonds is 7. The Kier molecular flexibility index (Phi) is 6.32. The second-order valence-corrected chi connectivity index (χ2v) is 8.81. The Balaban J connectivity index is 2.25. The third kappa shape index (κ3) is 3.73. The van der Waals surface area contributed by atoms with Gasteiger partial charge >= 0.3 is 11.9 Å². The molecule has 1 aliphatic rings. The number of carboxylic acids is 1. The summed E-state index contributed by atoms with van der Waals surface area (Å²) in [7, 11) is 0. The van der Waals surface area contributed by atoms with E-state index in [4.69, 9.17) is 4.74 Å². The molecule has 0 amide bonds. The number of carboxylic acid groups (broad SMARTS) is 1. The van der Waals surface area contributed by atoms with E-state index in [2.05, 4.69) is 0 Å². The number of esters is 1. The van der Waals surface area contributed by atoms with Crippen LogP contribution in [0.5, 0.6) is 11.5 Å². The van der Waals surface area contributed by atoms with Crippen LogP contribution in [-0.2, 0) is 36.0 Å². The van der Waals surface area contributed by atoms with E-state index in [0.717, 1.165) is 22.3 Å². The van der Waals surface area contributed by atoms with Gasteiger partial charge in [-0.1, -0.05) is 27.7 Å². The molecule has 6 heteroatoms. The lowest BCUT2D eigenvalue weighted by Crippen LogP contribution is -2.33. The van der Waals surface area contributed by atoms with Crippen LogP contribution in [0, 0.1) is 0 Å². The first-order valence-corrected chi connectivity index (χ1v) is 12.0. The van der Waals surface area contributed by atoms with Gasteiger partial charge in [-0.25, -0.2) is 9.59 Å². The van der Waals surface area contributed by atoms with E-state index in [9.17, 15) is 24.9 Å². The minimum absolute atomic E-state index is 0.0225. The quantitative estimate of drug-likeness (QED) is 0.390. The van der Waals surface area contributed by atoms with Crippen LogP contribution in [-0.4, -0.2) is 27.3 Å². The molecule has 0 saturated heterocycles. The third-order valence-corrected chi connectivity index (χ3v) is 6.99. The number of carbonyl (C=O) groups is 2. The van der Waals surface area contributed by atoms with Crippen molar-refractivity contribution in [1.82, 2.24) is 0 Å². The van der Waals surface area contributed by atoms with Gasteiger partial charge in [-0.3, -0.25) is 0 Å². The highest BCUT2D eigenvalue weighted by molar-refractivity contribution is 5.99. The van der Waals surface area contributed by atoms with E-state index >= 15 is 0 Å². The first-order valence-electron chi connectivity index (χ1n) is 12.0. The summed E-state index contributed by atoms with van der Waals surface area (Å²) >= 11 is 0. The van der Waals surface area contributed by atoms with Crippen molar-refractivity contribution < 1.29 is 29.6 Å². The topological polar surface area (TPSA) is 104 Å². The summed E-state index contributed by atoms with van der Waals surface area (Å²) in [6.07, 6.45) is 2.51. The van der Waals surface area contributed by atoms with Gasteiger partial charge in [-0.05, 0) is 90.4 Å². The SMILES string of the molecule is CCc1cc(O)cc(C2(c3cc(O)cc(CC)c3CC)OC(=O)c3ccc(C(=O)O)cc32)c1CC. The van der Waals surface area contributed by atoms with E-state index in [1.165, 1.54) is 18.2 Å². The van der Waals surface area contributed by atoms with E-state index in [-0.39, 0.29) is 22.6 Å². The van der Waals surface area contributed by atoms with E-state index in [1.54, 1.807) is 24.3 Å². The van der Waals surface area contributed by atoms with Crippen molar-refractivity contribution >= 4 is 11.9 Å². The number of aromatic hydroxyl groups is 2. The lowest BCUT2D eigenvalue weighted by atomic mass is 9.73. The van der Waals surface area contributed by atoms with Gasteiger partial charge in [0.25, 0.3) is 0 Å². The molecule has 3 aromatic rings. The first kappa shape index (κ1) is 24.3. The molecule has 0 atom stereocenters. The third-order valence-electron chi connectivity index (χ3n) is 6.99. The van der Waals surface area contributed by atoms with Gasteiger partial charge in [0.15, 0.2) is 5.60 Å². The highest BCUT2D eigenvalue weighted by atomic mass is 16.6. The Morgan fingerprint density at radius 2 is 1.29 bits per heavy atom. The van der Waals surface area contributed by atoms with Crippen molar-refractivity contribution in [3.63, 3.8) is 0 Å². The van der Waals surface area contributed by atoms with Crippen LogP contribution in [0.2, 0.25) is 0 Å². The normalized spacial score (nSPS) is 14.0. The Morgan fingerprint density at radius 1 is 0.771 bits per heavy atom. The van der Waals surface area contributed by atoms with Crippen molar-refractivity contribution in [2.24, 2.45) is 0 Å². The van der Waals surface area contributed by atoms with Gasteiger partial charge in [0.2, 0.25) is 0 Å². The van der Waals surface area contributed by atoms with Gasteiger partial charge in [-0.15, -0.1) is 0 Å². The predicted molar refractivity (Wildman–Crippen MR) is 132 cm³/mol. The number of cyclic esters (lactones) is 1. The summed E-state index contributed by atoms with van der Waals surface area (Å²) in [6, 6.07) is 11.0. The molecule has 182 valence electrons. The minimum atomic E-state index is -1.53. The molecule has 1 aliphatic heterocycles. The second-order valence-electron chi connectivity index (χ2n) is 8.81. The zero-order valence-corrected chi connectivity index (χ0v) is 20.4. The number of aromatic carboxylic acids is 1. The van der Waals surface area contributed by atoms with Gasteiger partial charge in [0.05, 0.1) is 11.1 Å². The number of aryl methyl sites for hydroxylation is 2. The molecule has 4 rings (SSSR count). The summed E-state index contributed by atoms with van der Waals surface area (Å²) < 4.78 is 6.27. The fourth-order valence-electron chi connectivity index (χ4n) is 5.47. The predicted octanol–water partition coefficient (Wildman–Crippen LogP) is 5.51. The zero-order valence-electron chi connectivity index (χ0n) is 20.4. The Morgan fingerprint density at radius 3 is 1.71 bits per heavy atom. The largest absolute Gasteiger partial charge is 0.508 e. The molecule has 3 N–H and O–H groups in total. The number of hydrogen-bond acceptors (Lipinski definition) is 5. The fourth-order valence-corrected chi connectivity index (χ4v) is 5.47. The summed E-state index contributed by atoms with van der Waals surface area (Å²) in [5.41, 5.74) is 3.96. The van der Waals surface area contributed by atoms with Crippen LogP contribution in [0.1, 0.15) is 87.4 Å². The first-order chi connectivity index (χ1) is 16.7. The molecule has 0 aliphatic carbocycles. The smallest absolute Gasteiger partial charge is 0.340 e. The highest BCUT2D eigenvalue weighted by Gasteiger charge is 2.51. The second kappa shape index (κ2) is 9.10. The standard InChI is InChI=1S/C29H30O6/c1-5-16-11-19(30)14-25(21(16)7-3)29(26-15-20(31)12-17(6-2)22(26)8-4)24-13-18(27(32)33)9-10-23(24)28(34)35-29/h9-15,30-31H,5-8H2,1-4H3,(H,32,33). The molecular formula is C29H30O6. The van der Waals surface area contributed by atoms with Crippen molar-refractivity contribution in [3.05, 3.63) is 92.5 Å². The molecule has 0 saturated carbocycles. The van der Waals surface area contributed by atoms with Crippen LogP contribution in [0.3, 0.4) is 0 Å². The molecule has 6 nitrogen and oxygen atoms in total. The van der Waals surface area contributed by atoms with Gasteiger partial charge in [0.1, 0.15) is 11.5 Å². The van der Waals surface area contributed by atoms with Crippen LogP contribution in [0.4, 0.5) is 0 Å². The molecule has 0 fully saturated rings. The molecule has 0 bridgehead atoms. The monoisotopic (exact) mass is 474 g/mol. The van der Waals surface area contributed by atoms with Crippen LogP contribution in [0.25, 0.3) is 0 Å². The molecule has 0 radical (unpaired) electrons. The molecule has 3 aromatic carbocycles. The van der Waals surface area contributed by atoms with Gasteiger partial charge in [-0.2, -0.15) is 0 Å². The minimum Gasteiger partial charge on any atom is -0.508 e. The maximum Gasteiger partial charge on any atom is 0.340 e. The maximum absolute atomic E-state index is 13.3. The maximum atomic E-state index is 13.3. The summed E-state index contributed by atoms with van der Waals surface area (Å²) in [6.45, 7) is 7.97. The summed E-state index contributed by atoms with van der Waals surface area (Å²) in [5, 5.41) is 31.2. The van der Waals surface area contributed by atoms with Crippen molar-refractivity contribution in [2.45, 2.75) is 59.0 Å². The van der Waals surface area contributed by atoms with Crippen molar-refractivity contribution in [1.29, 1.82) is 0 Å². The van der Waals surface area contributed by atoms with E-state index in [0.29, 0.717) is 42.4 Å². The Labute approximate surface area is 204 Å². The lowest BCUT2D eigenvalue weighted by molar-refractivity contribution is 0.0245. The van der Waals surface area contributed by atoms with Gasteiger partial charge < -0.3 is 20.1 Å². The lowest BCUT2D eigenvalue weighted by Gasteiger charge is -2.35. The van der Waals surface area contributed by atoms with Crippen LogP contribution in [0.15, 0.2) is 42.5 Å². The molecule has 35 heavy (non-hydrogen) atoms. The van der Waals surface area contributed by atoms with Gasteiger partial charge in [0, 0.05) is 16.7 Å². The number of phenolic OH excluding ortho intramolecular Hbond substituents is 2. The highest BCUT2D eigenvalue weighted by Crippen LogP contribution is 2.52. The summed E-state index contributed by atoms with van der Waals surface area (Å²) in [5.74, 6) is -1.64. The van der Waals surface area contributed by atoms with Crippen molar-refractivity contribution in [2.75, 3.05) is 0 Å². The average Bonchev–Trinajstić information content (AvgIpc) is 3.15. The van der Waals surface area contributed by atoms with Crippen LogP contribution < -0.4 is 0 Å². The number of hydrogen-bond donors (Lipinski definition) is 3. The fraction of sp³-hybridized carbons (Fsp3) is 0.310. The van der Waals surface area contributed by atoms with E-state index in [1.807, 2.05) is 27.7 Å². The van der Waals surface area contributed by atoms with Crippen molar-refractivity contribution in [3.8, 4) is 11.5 Å². The number of ether oxygens (including phenoxy) is 1. The molecule has 0 unspecified atom stereocenters. The van der Waals surface area contributed by atoms with E-state index < -0.39 is 17.5 Å². The number of carbonyl (C=O) groups excluding carboxylic acids is 1. The molecule has 1 heterocycles. The summed E-state index contributed by atoms with van der Waals surface area (Å²) in [4.78, 5) is 25.2. The Hall–Kier alpha value is -3.80. The number of benzene rings is 3. The number of phenols is 2. The Bertz CT molecular complexity index is 1280. The molecule has 0 spiro atoms. The molecule has 0 aromatic heterocycles. The average molecular weight is 475 g/mol. The van der Waals surface area contributed by atoms with Crippen LogP contribution >= 0.6 is 0 Å². The zero-order chi connectivity index (χ0) is 25.5. The number of fused-ring (bicyclic) bond motifs is 1.